The van der Waals surface area contributed by atoms with E-state index >= 15 is 0 Å². The summed E-state index contributed by atoms with van der Waals surface area (Å²) in [4.78, 5) is 0. The van der Waals surface area contributed by atoms with Gasteiger partial charge >= 0.3 is 33.0 Å². The minimum absolute atomic E-state index is 0.569. The molecule has 0 nitrogen and oxygen atoms in total. The third-order valence-corrected chi connectivity index (χ3v) is 0. The molecule has 0 spiro atoms. The number of halogens is 2. The molecule has 0 N–H and O–H groups in total. The Bertz CT molecular complexity index is 10.8. The Morgan fingerprint density at radius 2 is 1.33 bits per heavy atom. The zero-order valence-electron chi connectivity index (χ0n) is 3.78. The van der Waals surface area contributed by atoms with E-state index in [1.54, 1.807) is 0 Å². The maximum atomic E-state index is 4.70. The van der Waals surface area contributed by atoms with Crippen LogP contribution in [0, 0.1) is 0 Å². The van der Waals surface area contributed by atoms with E-state index in [0.29, 0.717) is 12.7 Å². The van der Waals surface area contributed by atoms with E-state index < -0.39 is 0 Å². The summed E-state index contributed by atoms with van der Waals surface area (Å²) >= 11 is 0.569. The molecule has 0 fully saturated rings. The van der Waals surface area contributed by atoms with Crippen molar-refractivity contribution in [3.8, 4) is 0 Å². The predicted octanol–water partition coefficient (Wildman–Crippen LogP) is 2.79. The van der Waals surface area contributed by atoms with Gasteiger partial charge in [-0.3, -0.25) is 0 Å². The molecule has 44 valence electrons. The molecule has 0 unspecified atom stereocenters. The third kappa shape index (κ3) is 73.1. The van der Waals surface area contributed by atoms with Crippen LogP contribution in [0.15, 0.2) is 0 Å². The molecule has 0 aromatic rings. The van der Waals surface area contributed by atoms with Crippen LogP contribution in [0.4, 0.5) is 0 Å². The Labute approximate surface area is 53.6 Å². The first kappa shape index (κ1) is 10.1. The molecular formula is C3H8Cl2Ni. The van der Waals surface area contributed by atoms with Crippen molar-refractivity contribution in [3.63, 3.8) is 0 Å². The SMILES string of the molecule is CCC.[Cl][Ni][Cl]. The van der Waals surface area contributed by atoms with Gasteiger partial charge in [0.25, 0.3) is 0 Å². The summed E-state index contributed by atoms with van der Waals surface area (Å²) in [5.41, 5.74) is 0. The van der Waals surface area contributed by atoms with Gasteiger partial charge in [0.1, 0.15) is 0 Å². The summed E-state index contributed by atoms with van der Waals surface area (Å²) in [6.45, 7) is 4.25. The molecule has 0 atom stereocenters. The van der Waals surface area contributed by atoms with Crippen LogP contribution in [0.1, 0.15) is 20.3 Å². The molecule has 0 amide bonds. The monoisotopic (exact) mass is 172 g/mol. The summed E-state index contributed by atoms with van der Waals surface area (Å²) in [5.74, 6) is 0. The predicted molar refractivity (Wildman–Crippen MR) is 27.7 cm³/mol. The quantitative estimate of drug-likeness (QED) is 0.495. The van der Waals surface area contributed by atoms with Crippen molar-refractivity contribution in [1.29, 1.82) is 0 Å². The van der Waals surface area contributed by atoms with Gasteiger partial charge in [-0.1, -0.05) is 20.3 Å². The van der Waals surface area contributed by atoms with Gasteiger partial charge in [0, 0.05) is 0 Å². The molecule has 0 radical (unpaired) electrons. The van der Waals surface area contributed by atoms with Crippen LogP contribution in [0.5, 0.6) is 0 Å². The Morgan fingerprint density at radius 3 is 1.33 bits per heavy atom. The summed E-state index contributed by atoms with van der Waals surface area (Å²) in [6, 6.07) is 0. The van der Waals surface area contributed by atoms with Crippen molar-refractivity contribution in [2.24, 2.45) is 0 Å². The van der Waals surface area contributed by atoms with Gasteiger partial charge in [0.05, 0.1) is 0 Å². The van der Waals surface area contributed by atoms with Crippen LogP contribution in [-0.4, -0.2) is 0 Å². The molecule has 6 heavy (non-hydrogen) atoms. The molecule has 3 heteroatoms. The fourth-order valence-corrected chi connectivity index (χ4v) is 0. The van der Waals surface area contributed by atoms with Gasteiger partial charge in [0.2, 0.25) is 0 Å². The first-order valence-electron chi connectivity index (χ1n) is 1.65. The number of hydrogen-bond donors (Lipinski definition) is 0. The first-order chi connectivity index (χ1) is 2.83. The van der Waals surface area contributed by atoms with E-state index in [1.807, 2.05) is 0 Å². The maximum absolute atomic E-state index is 4.70. The average Bonchev–Trinajstić information content (AvgIpc) is 1.39. The standard InChI is InChI=1S/C3H8.2ClH.Ni/c1-3-2;;;/h3H2,1-2H3;2*1H;/q;;;+2/p-2. The molecule has 0 bridgehead atoms. The normalized spacial score (nSPS) is 6.67. The Kier molecular flexibility index (Phi) is 28.0. The third-order valence-electron chi connectivity index (χ3n) is 0. The van der Waals surface area contributed by atoms with Gasteiger partial charge in [-0.15, -0.1) is 0 Å². The molecule has 0 aliphatic rings. The second kappa shape index (κ2) is 16.5. The summed E-state index contributed by atoms with van der Waals surface area (Å²) in [7, 11) is 9.40. The molecule has 0 saturated heterocycles. The van der Waals surface area contributed by atoms with Gasteiger partial charge in [-0.25, -0.2) is 0 Å². The van der Waals surface area contributed by atoms with Crippen molar-refractivity contribution < 1.29 is 12.7 Å². The van der Waals surface area contributed by atoms with E-state index in [4.69, 9.17) is 20.4 Å². The van der Waals surface area contributed by atoms with E-state index in [-0.39, 0.29) is 0 Å². The average molecular weight is 174 g/mol. The Morgan fingerprint density at radius 1 is 1.33 bits per heavy atom. The second-order valence-electron chi connectivity index (χ2n) is 0.752. The van der Waals surface area contributed by atoms with Gasteiger partial charge in [-0.05, 0) is 0 Å². The first-order valence-corrected chi connectivity index (χ1v) is 4.37. The zero-order chi connectivity index (χ0) is 5.41. The number of rotatable bonds is 0. The van der Waals surface area contributed by atoms with Crippen LogP contribution in [0.3, 0.4) is 0 Å². The molecule has 0 aromatic carbocycles. The second-order valence-corrected chi connectivity index (χ2v) is 2.38. The van der Waals surface area contributed by atoms with E-state index in [2.05, 4.69) is 13.8 Å². The van der Waals surface area contributed by atoms with E-state index in [1.165, 1.54) is 6.42 Å². The summed E-state index contributed by atoms with van der Waals surface area (Å²) in [6.07, 6.45) is 1.25. The van der Waals surface area contributed by atoms with E-state index in [0.717, 1.165) is 0 Å². The fourth-order valence-electron chi connectivity index (χ4n) is 0. The molecule has 0 saturated carbocycles. The molecule has 0 aliphatic carbocycles. The fraction of sp³-hybridized carbons (Fsp3) is 1.00. The molecular weight excluding hydrogens is 166 g/mol. The van der Waals surface area contributed by atoms with Crippen molar-refractivity contribution in [3.05, 3.63) is 0 Å². The molecule has 0 aliphatic heterocycles. The van der Waals surface area contributed by atoms with Gasteiger partial charge in [-0.2, -0.15) is 0 Å². The van der Waals surface area contributed by atoms with Gasteiger partial charge in [0.15, 0.2) is 0 Å². The van der Waals surface area contributed by atoms with Crippen LogP contribution >= 0.6 is 20.4 Å². The number of hydrogen-bond acceptors (Lipinski definition) is 0. The molecule has 0 rings (SSSR count). The topological polar surface area (TPSA) is 0 Å². The Hall–Kier alpha value is 1.07. The summed E-state index contributed by atoms with van der Waals surface area (Å²) < 4.78 is 0. The van der Waals surface area contributed by atoms with Crippen LogP contribution in [0.2, 0.25) is 0 Å². The Balaban J connectivity index is 0. The van der Waals surface area contributed by atoms with Crippen LogP contribution < -0.4 is 0 Å². The van der Waals surface area contributed by atoms with Crippen molar-refractivity contribution in [2.75, 3.05) is 0 Å². The van der Waals surface area contributed by atoms with Crippen molar-refractivity contribution in [1.82, 2.24) is 0 Å². The van der Waals surface area contributed by atoms with Crippen molar-refractivity contribution in [2.45, 2.75) is 20.3 Å². The molecule has 0 aromatic heterocycles. The molecule has 0 heterocycles. The summed E-state index contributed by atoms with van der Waals surface area (Å²) in [5, 5.41) is 0. The van der Waals surface area contributed by atoms with Crippen molar-refractivity contribution >= 4 is 20.4 Å². The zero-order valence-corrected chi connectivity index (χ0v) is 6.28. The van der Waals surface area contributed by atoms with Crippen LogP contribution in [-0.2, 0) is 12.7 Å². The van der Waals surface area contributed by atoms with Gasteiger partial charge < -0.3 is 0 Å². The van der Waals surface area contributed by atoms with E-state index in [9.17, 15) is 0 Å². The van der Waals surface area contributed by atoms with Crippen LogP contribution in [0.25, 0.3) is 0 Å². The minimum atomic E-state index is 0.569.